The molecule has 208 valence electrons. The number of hydrogen-bond donors (Lipinski definition) is 1. The first-order valence-electron chi connectivity index (χ1n) is 12.6. The number of halogens is 2. The third-order valence-corrected chi connectivity index (χ3v) is 8.44. The summed E-state index contributed by atoms with van der Waals surface area (Å²) < 4.78 is 27.6. The van der Waals surface area contributed by atoms with Gasteiger partial charge >= 0.3 is 0 Å². The molecule has 0 heterocycles. The Labute approximate surface area is 249 Å². The van der Waals surface area contributed by atoms with Gasteiger partial charge in [0, 0.05) is 27.6 Å². The third kappa shape index (κ3) is 9.22. The van der Waals surface area contributed by atoms with Gasteiger partial charge in [0.25, 0.3) is 0 Å². The van der Waals surface area contributed by atoms with E-state index in [9.17, 15) is 18.0 Å². The van der Waals surface area contributed by atoms with Crippen LogP contribution in [0.2, 0.25) is 5.02 Å². The van der Waals surface area contributed by atoms with Crippen molar-refractivity contribution in [3.63, 3.8) is 0 Å². The monoisotopic (exact) mass is 681 g/mol. The molecule has 39 heavy (non-hydrogen) atoms. The van der Waals surface area contributed by atoms with E-state index in [4.69, 9.17) is 11.6 Å². The van der Waals surface area contributed by atoms with Crippen molar-refractivity contribution in [3.05, 3.63) is 98.6 Å². The van der Waals surface area contributed by atoms with Crippen LogP contribution in [0.1, 0.15) is 31.4 Å². The number of benzene rings is 3. The minimum atomic E-state index is -3.80. The summed E-state index contributed by atoms with van der Waals surface area (Å²) >= 11 is 8.22. The number of nitrogens with one attached hydrogen (secondary N) is 1. The van der Waals surface area contributed by atoms with Crippen molar-refractivity contribution in [3.8, 4) is 0 Å². The maximum absolute atomic E-state index is 14.0. The van der Waals surface area contributed by atoms with E-state index in [-0.39, 0.29) is 24.9 Å². The molecule has 0 spiro atoms. The van der Waals surface area contributed by atoms with E-state index in [1.165, 1.54) is 4.90 Å². The minimum absolute atomic E-state index is 0.0948. The van der Waals surface area contributed by atoms with Gasteiger partial charge in [-0.25, -0.2) is 8.42 Å². The van der Waals surface area contributed by atoms with Gasteiger partial charge in [-0.15, -0.1) is 0 Å². The van der Waals surface area contributed by atoms with Crippen LogP contribution in [-0.2, 0) is 32.6 Å². The number of carbonyl (C=O) groups is 2. The third-order valence-electron chi connectivity index (χ3n) is 6.33. The standard InChI is InChI=1S/C29H33ClIN3O4S/c1-4-21(2)32-29(36)27(18-22-8-6-5-7-9-22)33(19-23-10-12-24(30)13-11-23)28(35)20-34(39(3,37)38)26-16-14-25(31)15-17-26/h5-17,21,27H,4,18-20H2,1-3H3,(H,32,36). The molecule has 7 nitrogen and oxygen atoms in total. The van der Waals surface area contributed by atoms with Crippen LogP contribution < -0.4 is 9.62 Å². The lowest BCUT2D eigenvalue weighted by Gasteiger charge is -2.34. The summed E-state index contributed by atoms with van der Waals surface area (Å²) in [6.45, 7) is 3.53. The zero-order valence-electron chi connectivity index (χ0n) is 22.2. The Bertz CT molecular complexity index is 1350. The quantitative estimate of drug-likeness (QED) is 0.264. The molecular formula is C29H33ClIN3O4S. The highest BCUT2D eigenvalue weighted by atomic mass is 127. The Balaban J connectivity index is 2.04. The predicted molar refractivity (Wildman–Crippen MR) is 165 cm³/mol. The molecule has 0 aromatic heterocycles. The number of sulfonamides is 1. The van der Waals surface area contributed by atoms with Crippen LogP contribution in [0.3, 0.4) is 0 Å². The molecular weight excluding hydrogens is 649 g/mol. The average molecular weight is 682 g/mol. The Morgan fingerprint density at radius 2 is 1.56 bits per heavy atom. The second-order valence-electron chi connectivity index (χ2n) is 9.42. The zero-order valence-corrected chi connectivity index (χ0v) is 25.9. The predicted octanol–water partition coefficient (Wildman–Crippen LogP) is 5.27. The molecule has 2 unspecified atom stereocenters. The van der Waals surface area contributed by atoms with Crippen molar-refractivity contribution < 1.29 is 18.0 Å². The molecule has 0 saturated carbocycles. The van der Waals surface area contributed by atoms with E-state index >= 15 is 0 Å². The fourth-order valence-electron chi connectivity index (χ4n) is 4.00. The summed E-state index contributed by atoms with van der Waals surface area (Å²) in [5, 5.41) is 3.56. The van der Waals surface area contributed by atoms with Gasteiger partial charge in [0.15, 0.2) is 0 Å². The fourth-order valence-corrected chi connectivity index (χ4v) is 5.34. The molecule has 0 radical (unpaired) electrons. The lowest BCUT2D eigenvalue weighted by Crippen LogP contribution is -2.54. The molecule has 0 fully saturated rings. The Hall–Kier alpha value is -2.63. The second kappa shape index (κ2) is 14.1. The van der Waals surface area contributed by atoms with Crippen molar-refractivity contribution in [2.45, 2.75) is 45.3 Å². The number of amides is 2. The lowest BCUT2D eigenvalue weighted by atomic mass is 10.0. The molecule has 3 aromatic carbocycles. The van der Waals surface area contributed by atoms with E-state index in [2.05, 4.69) is 27.9 Å². The van der Waals surface area contributed by atoms with Crippen molar-refractivity contribution in [1.82, 2.24) is 10.2 Å². The molecule has 2 atom stereocenters. The molecule has 3 rings (SSSR count). The van der Waals surface area contributed by atoms with Gasteiger partial charge in [0.05, 0.1) is 11.9 Å². The number of hydrogen-bond acceptors (Lipinski definition) is 4. The summed E-state index contributed by atoms with van der Waals surface area (Å²) in [6, 6.07) is 22.4. The minimum Gasteiger partial charge on any atom is -0.352 e. The fraction of sp³-hybridized carbons (Fsp3) is 0.310. The Kier molecular flexibility index (Phi) is 11.2. The van der Waals surface area contributed by atoms with E-state index in [0.29, 0.717) is 10.7 Å². The first-order valence-corrected chi connectivity index (χ1v) is 15.9. The highest BCUT2D eigenvalue weighted by molar-refractivity contribution is 14.1. The average Bonchev–Trinajstić information content (AvgIpc) is 2.90. The van der Waals surface area contributed by atoms with Crippen molar-refractivity contribution >= 4 is 61.7 Å². The highest BCUT2D eigenvalue weighted by Crippen LogP contribution is 2.22. The van der Waals surface area contributed by atoms with Gasteiger partial charge in [0.1, 0.15) is 12.6 Å². The molecule has 10 heteroatoms. The van der Waals surface area contributed by atoms with Crippen LogP contribution in [0, 0.1) is 3.57 Å². The van der Waals surface area contributed by atoms with E-state index in [1.54, 1.807) is 48.5 Å². The summed E-state index contributed by atoms with van der Waals surface area (Å²) in [7, 11) is -3.80. The Morgan fingerprint density at radius 3 is 2.13 bits per heavy atom. The van der Waals surface area contributed by atoms with Gasteiger partial charge in [0.2, 0.25) is 21.8 Å². The second-order valence-corrected chi connectivity index (χ2v) is 13.0. The smallest absolute Gasteiger partial charge is 0.244 e. The van der Waals surface area contributed by atoms with Crippen LogP contribution in [-0.4, -0.2) is 50.0 Å². The van der Waals surface area contributed by atoms with Gasteiger partial charge in [-0.2, -0.15) is 0 Å². The normalized spacial score (nSPS) is 12.8. The van der Waals surface area contributed by atoms with Gasteiger partial charge < -0.3 is 10.2 Å². The lowest BCUT2D eigenvalue weighted by molar-refractivity contribution is -0.140. The number of nitrogens with zero attached hydrogens (tertiary/aromatic N) is 2. The number of carbonyl (C=O) groups excluding carboxylic acids is 2. The van der Waals surface area contributed by atoms with E-state index in [0.717, 1.165) is 31.7 Å². The maximum atomic E-state index is 14.0. The first kappa shape index (κ1) is 30.9. The van der Waals surface area contributed by atoms with Crippen molar-refractivity contribution in [2.75, 3.05) is 17.1 Å². The molecule has 1 N–H and O–H groups in total. The molecule has 0 saturated heterocycles. The summed E-state index contributed by atoms with van der Waals surface area (Å²) in [5.74, 6) is -0.787. The van der Waals surface area contributed by atoms with Crippen LogP contribution >= 0.6 is 34.2 Å². The summed E-state index contributed by atoms with van der Waals surface area (Å²) in [5.41, 5.74) is 2.03. The zero-order chi connectivity index (χ0) is 28.6. The van der Waals surface area contributed by atoms with Gasteiger partial charge in [-0.1, -0.05) is 61.0 Å². The molecule has 2 amide bonds. The molecule has 3 aromatic rings. The largest absolute Gasteiger partial charge is 0.352 e. The van der Waals surface area contributed by atoms with Gasteiger partial charge in [-0.3, -0.25) is 13.9 Å². The van der Waals surface area contributed by atoms with Crippen LogP contribution in [0.25, 0.3) is 0 Å². The van der Waals surface area contributed by atoms with E-state index in [1.807, 2.05) is 44.2 Å². The highest BCUT2D eigenvalue weighted by Gasteiger charge is 2.33. The van der Waals surface area contributed by atoms with Crippen LogP contribution in [0.5, 0.6) is 0 Å². The molecule has 0 aliphatic rings. The topological polar surface area (TPSA) is 86.8 Å². The number of anilines is 1. The molecule has 0 bridgehead atoms. The molecule has 0 aliphatic heterocycles. The van der Waals surface area contributed by atoms with Crippen LogP contribution in [0.15, 0.2) is 78.9 Å². The first-order chi connectivity index (χ1) is 18.5. The van der Waals surface area contributed by atoms with Gasteiger partial charge in [-0.05, 0) is 83.5 Å². The van der Waals surface area contributed by atoms with Crippen molar-refractivity contribution in [2.24, 2.45) is 0 Å². The van der Waals surface area contributed by atoms with Crippen molar-refractivity contribution in [1.29, 1.82) is 0 Å². The maximum Gasteiger partial charge on any atom is 0.244 e. The Morgan fingerprint density at radius 1 is 0.949 bits per heavy atom. The molecule has 0 aliphatic carbocycles. The summed E-state index contributed by atoms with van der Waals surface area (Å²) in [4.78, 5) is 29.1. The van der Waals surface area contributed by atoms with E-state index < -0.39 is 28.5 Å². The summed E-state index contributed by atoms with van der Waals surface area (Å²) in [6.07, 6.45) is 2.06. The SMILES string of the molecule is CCC(C)NC(=O)C(Cc1ccccc1)N(Cc1ccc(Cl)cc1)C(=O)CN(c1ccc(I)cc1)S(C)(=O)=O. The van der Waals surface area contributed by atoms with Crippen LogP contribution in [0.4, 0.5) is 5.69 Å². The number of rotatable bonds is 12.